The molecule has 0 saturated carbocycles. The first-order chi connectivity index (χ1) is 13.9. The number of fused-ring (bicyclic) bond motifs is 1. The third-order valence-electron chi connectivity index (χ3n) is 5.26. The van der Waals surface area contributed by atoms with Crippen LogP contribution in [0, 0.1) is 0 Å². The van der Waals surface area contributed by atoms with E-state index in [0.717, 1.165) is 5.69 Å². The van der Waals surface area contributed by atoms with E-state index in [1.54, 1.807) is 24.4 Å². The molecule has 1 fully saturated rings. The largest absolute Gasteiger partial charge is 0.344 e. The summed E-state index contributed by atoms with van der Waals surface area (Å²) in [5.74, 6) is -1.30. The smallest absolute Gasteiger partial charge is 0.255 e. The van der Waals surface area contributed by atoms with Crippen LogP contribution in [-0.4, -0.2) is 39.6 Å². The average Bonchev–Trinajstić information content (AvgIpc) is 3.04. The molecule has 1 unspecified atom stereocenters. The van der Waals surface area contributed by atoms with E-state index in [0.29, 0.717) is 23.1 Å². The molecule has 0 bridgehead atoms. The number of aromatic nitrogens is 1. The van der Waals surface area contributed by atoms with Crippen LogP contribution in [0.5, 0.6) is 0 Å². The summed E-state index contributed by atoms with van der Waals surface area (Å²) in [6.07, 6.45) is 2.18. The van der Waals surface area contributed by atoms with Gasteiger partial charge in [-0.25, -0.2) is 0 Å². The Kier molecular flexibility index (Phi) is 4.84. The van der Waals surface area contributed by atoms with Gasteiger partial charge in [-0.1, -0.05) is 6.07 Å². The van der Waals surface area contributed by atoms with E-state index >= 15 is 0 Å². The Labute approximate surface area is 167 Å². The number of carbonyl (C=O) groups excluding carboxylic acids is 4. The zero-order valence-corrected chi connectivity index (χ0v) is 15.8. The number of nitrogens with zero attached hydrogens (tertiary/aromatic N) is 2. The quantitative estimate of drug-likeness (QED) is 0.763. The zero-order chi connectivity index (χ0) is 20.5. The predicted octanol–water partition coefficient (Wildman–Crippen LogP) is 1.33. The van der Waals surface area contributed by atoms with Crippen molar-refractivity contribution in [3.63, 3.8) is 0 Å². The first-order valence-electron chi connectivity index (χ1n) is 9.43. The molecule has 0 spiro atoms. The molecule has 2 N–H and O–H groups in total. The van der Waals surface area contributed by atoms with Gasteiger partial charge in [0.05, 0.1) is 11.7 Å². The minimum atomic E-state index is -0.672. The number of hydrogen-bond donors (Lipinski definition) is 2. The monoisotopic (exact) mass is 392 g/mol. The van der Waals surface area contributed by atoms with Gasteiger partial charge in [0.2, 0.25) is 11.8 Å². The van der Waals surface area contributed by atoms with Gasteiger partial charge < -0.3 is 10.2 Å². The van der Waals surface area contributed by atoms with Crippen LogP contribution in [0.3, 0.4) is 0 Å². The van der Waals surface area contributed by atoms with Crippen LogP contribution in [-0.2, 0) is 16.1 Å². The topological polar surface area (TPSA) is 108 Å². The van der Waals surface area contributed by atoms with Gasteiger partial charge in [-0.15, -0.1) is 0 Å². The summed E-state index contributed by atoms with van der Waals surface area (Å²) in [5.41, 5.74) is 2.35. The van der Waals surface area contributed by atoms with E-state index in [-0.39, 0.29) is 36.7 Å². The molecule has 8 heteroatoms. The Morgan fingerprint density at radius 1 is 1.24 bits per heavy atom. The fraction of sp³-hybridized carbons (Fsp3) is 0.286. The second kappa shape index (κ2) is 7.46. The van der Waals surface area contributed by atoms with Crippen molar-refractivity contribution >= 4 is 23.6 Å². The summed E-state index contributed by atoms with van der Waals surface area (Å²) in [5, 5.41) is 5.18. The van der Waals surface area contributed by atoms with Gasteiger partial charge in [0.15, 0.2) is 0 Å². The highest BCUT2D eigenvalue weighted by Gasteiger charge is 2.39. The van der Waals surface area contributed by atoms with Gasteiger partial charge in [-0.05, 0) is 49.2 Å². The van der Waals surface area contributed by atoms with Gasteiger partial charge >= 0.3 is 0 Å². The molecule has 1 saturated heterocycles. The summed E-state index contributed by atoms with van der Waals surface area (Å²) < 4.78 is 0. The molecular weight excluding hydrogens is 372 g/mol. The molecule has 2 aromatic rings. The molecule has 0 aliphatic carbocycles. The molecule has 29 heavy (non-hydrogen) atoms. The predicted molar refractivity (Wildman–Crippen MR) is 103 cm³/mol. The second-order valence-electron chi connectivity index (χ2n) is 7.22. The Hall–Kier alpha value is -3.55. The molecule has 2 aliphatic heterocycles. The summed E-state index contributed by atoms with van der Waals surface area (Å²) in [7, 11) is 0. The summed E-state index contributed by atoms with van der Waals surface area (Å²) in [4.78, 5) is 54.5. The molecule has 2 aliphatic rings. The lowest BCUT2D eigenvalue weighted by atomic mass is 10.0. The maximum atomic E-state index is 12.7. The van der Waals surface area contributed by atoms with E-state index in [9.17, 15) is 19.2 Å². The number of carbonyl (C=O) groups is 4. The Morgan fingerprint density at radius 3 is 2.79 bits per heavy atom. The van der Waals surface area contributed by atoms with Crippen molar-refractivity contribution in [1.82, 2.24) is 20.5 Å². The third-order valence-corrected chi connectivity index (χ3v) is 5.26. The number of amides is 4. The average molecular weight is 392 g/mol. The van der Waals surface area contributed by atoms with Crippen molar-refractivity contribution < 1.29 is 19.2 Å². The molecule has 1 aromatic heterocycles. The zero-order valence-electron chi connectivity index (χ0n) is 15.8. The fourth-order valence-electron chi connectivity index (χ4n) is 3.70. The van der Waals surface area contributed by atoms with Gasteiger partial charge in [0.1, 0.15) is 6.04 Å². The molecule has 8 nitrogen and oxygen atoms in total. The molecular formula is C21H20N4O4. The van der Waals surface area contributed by atoms with Crippen LogP contribution in [0.25, 0.3) is 0 Å². The van der Waals surface area contributed by atoms with Crippen LogP contribution in [0.2, 0.25) is 0 Å². The van der Waals surface area contributed by atoms with Gasteiger partial charge in [0, 0.05) is 30.3 Å². The lowest BCUT2D eigenvalue weighted by molar-refractivity contribution is -0.136. The van der Waals surface area contributed by atoms with Crippen molar-refractivity contribution in [2.45, 2.75) is 38.4 Å². The number of pyridine rings is 1. The summed E-state index contributed by atoms with van der Waals surface area (Å²) in [6.45, 7) is 2.08. The Balaban J connectivity index is 1.49. The second-order valence-corrected chi connectivity index (χ2v) is 7.22. The van der Waals surface area contributed by atoms with Crippen LogP contribution in [0.15, 0.2) is 42.6 Å². The fourth-order valence-corrected chi connectivity index (χ4v) is 3.70. The van der Waals surface area contributed by atoms with Crippen molar-refractivity contribution in [2.75, 3.05) is 0 Å². The molecule has 1 aromatic carbocycles. The first kappa shape index (κ1) is 18.8. The highest BCUT2D eigenvalue weighted by atomic mass is 16.2. The number of rotatable bonds is 4. The van der Waals surface area contributed by atoms with Crippen molar-refractivity contribution in [3.8, 4) is 0 Å². The molecule has 0 radical (unpaired) electrons. The first-order valence-corrected chi connectivity index (χ1v) is 9.43. The van der Waals surface area contributed by atoms with E-state index in [2.05, 4.69) is 15.6 Å². The Morgan fingerprint density at radius 2 is 2.07 bits per heavy atom. The van der Waals surface area contributed by atoms with E-state index in [4.69, 9.17) is 0 Å². The normalized spacial score (nSPS) is 19.6. The van der Waals surface area contributed by atoms with Crippen LogP contribution >= 0.6 is 0 Å². The van der Waals surface area contributed by atoms with Crippen LogP contribution < -0.4 is 10.6 Å². The molecule has 4 amide bonds. The number of nitrogens with one attached hydrogen (secondary N) is 2. The summed E-state index contributed by atoms with van der Waals surface area (Å²) in [6, 6.07) is 9.46. The molecule has 2 atom stereocenters. The highest BCUT2D eigenvalue weighted by Crippen LogP contribution is 2.28. The lowest BCUT2D eigenvalue weighted by Crippen LogP contribution is -2.52. The lowest BCUT2D eigenvalue weighted by Gasteiger charge is -2.29. The van der Waals surface area contributed by atoms with Crippen molar-refractivity contribution in [3.05, 3.63) is 65.0 Å². The number of hydrogen-bond acceptors (Lipinski definition) is 5. The SMILES string of the molecule is C[C@H](NC(=O)c1ccc2c(c1)CN(C1CCC(=O)NC1=O)C2=O)c1ccccn1. The van der Waals surface area contributed by atoms with Crippen molar-refractivity contribution in [2.24, 2.45) is 0 Å². The maximum absolute atomic E-state index is 12.7. The Bertz CT molecular complexity index is 1000. The van der Waals surface area contributed by atoms with Gasteiger partial charge in [0.25, 0.3) is 11.8 Å². The van der Waals surface area contributed by atoms with Crippen LogP contribution in [0.1, 0.15) is 57.8 Å². The maximum Gasteiger partial charge on any atom is 0.255 e. The van der Waals surface area contributed by atoms with Crippen LogP contribution in [0.4, 0.5) is 0 Å². The minimum Gasteiger partial charge on any atom is -0.344 e. The van der Waals surface area contributed by atoms with E-state index in [1.165, 1.54) is 4.90 Å². The van der Waals surface area contributed by atoms with Crippen molar-refractivity contribution in [1.29, 1.82) is 0 Å². The molecule has 3 heterocycles. The number of imide groups is 1. The van der Waals surface area contributed by atoms with E-state index < -0.39 is 11.9 Å². The highest BCUT2D eigenvalue weighted by molar-refractivity contribution is 6.06. The standard InChI is InChI=1S/C21H20N4O4/c1-12(16-4-2-3-9-22-16)23-19(27)13-5-6-15-14(10-13)11-25(21(15)29)17-7-8-18(26)24-20(17)28/h2-6,9-10,12,17H,7-8,11H2,1H3,(H,23,27)(H,24,26,28)/t12-,17?/m0/s1. The molecule has 4 rings (SSSR count). The van der Waals surface area contributed by atoms with Gasteiger partial charge in [-0.3, -0.25) is 29.5 Å². The minimum absolute atomic E-state index is 0.204. The number of benzene rings is 1. The molecule has 148 valence electrons. The summed E-state index contributed by atoms with van der Waals surface area (Å²) >= 11 is 0. The number of piperidine rings is 1. The van der Waals surface area contributed by atoms with Gasteiger partial charge in [-0.2, -0.15) is 0 Å². The third kappa shape index (κ3) is 3.61. The van der Waals surface area contributed by atoms with E-state index in [1.807, 2.05) is 25.1 Å².